The molecule has 2 aliphatic carbocycles. The van der Waals surface area contributed by atoms with Crippen molar-refractivity contribution in [3.63, 3.8) is 0 Å². The molecule has 2 aromatic carbocycles. The number of pyridine rings is 1. The summed E-state index contributed by atoms with van der Waals surface area (Å²) in [6.07, 6.45) is 9.13. The molecule has 4 aromatic rings. The molecular formula is C44H49Cl2N7O5. The van der Waals surface area contributed by atoms with Gasteiger partial charge in [0.05, 0.1) is 46.8 Å². The fourth-order valence-corrected chi connectivity index (χ4v) is 11.3. The summed E-state index contributed by atoms with van der Waals surface area (Å²) in [7, 11) is 5.06. The zero-order chi connectivity index (χ0) is 40.4. The molecule has 14 heteroatoms. The second-order valence-electron chi connectivity index (χ2n) is 17.4. The number of imidazole rings is 1. The Morgan fingerprint density at radius 2 is 1.79 bits per heavy atom. The van der Waals surface area contributed by atoms with Gasteiger partial charge in [-0.05, 0) is 68.7 Å². The van der Waals surface area contributed by atoms with E-state index in [-0.39, 0.29) is 34.0 Å². The van der Waals surface area contributed by atoms with E-state index >= 15 is 0 Å². The van der Waals surface area contributed by atoms with Gasteiger partial charge in [0.2, 0.25) is 5.91 Å². The van der Waals surface area contributed by atoms with E-state index in [0.29, 0.717) is 51.3 Å². The number of aromatic nitrogens is 3. The number of ether oxygens (including phenoxy) is 2. The molecular weight excluding hydrogens is 777 g/mol. The van der Waals surface area contributed by atoms with E-state index in [4.69, 9.17) is 37.7 Å². The third kappa shape index (κ3) is 6.85. The summed E-state index contributed by atoms with van der Waals surface area (Å²) in [6.45, 7) is 5.73. The molecule has 12 nitrogen and oxygen atoms in total. The number of hydrogen-bond acceptors (Lipinski definition) is 9. The van der Waals surface area contributed by atoms with Crippen molar-refractivity contribution in [3.8, 4) is 28.1 Å². The molecule has 2 amide bonds. The molecule has 3 aliphatic heterocycles. The number of carbonyl (C=O) groups is 3. The Morgan fingerprint density at radius 1 is 1.00 bits per heavy atom. The summed E-state index contributed by atoms with van der Waals surface area (Å²) < 4.78 is 12.9. The van der Waals surface area contributed by atoms with Crippen LogP contribution in [0.15, 0.2) is 48.7 Å². The minimum Gasteiger partial charge on any atom is -0.496 e. The molecule has 5 heterocycles. The fourth-order valence-electron chi connectivity index (χ4n) is 10.7. The normalized spacial score (nSPS) is 23.4. The smallest absolute Gasteiger partial charge is 0.311 e. The van der Waals surface area contributed by atoms with Crippen LogP contribution in [0.5, 0.6) is 5.75 Å². The van der Waals surface area contributed by atoms with Gasteiger partial charge in [-0.3, -0.25) is 29.2 Å². The minimum absolute atomic E-state index is 0.0360. The highest BCUT2D eigenvalue weighted by molar-refractivity contribution is 6.39. The number of carbonyl (C=O) groups excluding carboxylic acids is 3. The highest BCUT2D eigenvalue weighted by atomic mass is 35.5. The Labute approximate surface area is 348 Å². The van der Waals surface area contributed by atoms with Gasteiger partial charge in [-0.2, -0.15) is 0 Å². The van der Waals surface area contributed by atoms with Crippen molar-refractivity contribution in [2.24, 2.45) is 23.3 Å². The van der Waals surface area contributed by atoms with E-state index in [0.717, 1.165) is 112 Å². The molecule has 4 fully saturated rings. The first-order valence-electron chi connectivity index (χ1n) is 20.2. The molecule has 1 spiro atoms. The van der Waals surface area contributed by atoms with Crippen LogP contribution in [-0.2, 0) is 40.9 Å². The van der Waals surface area contributed by atoms with Crippen molar-refractivity contribution in [2.45, 2.75) is 64.5 Å². The Balaban J connectivity index is 0.870. The number of amides is 2. The third-order valence-electron chi connectivity index (χ3n) is 13.8. The maximum atomic E-state index is 13.8. The Bertz CT molecular complexity index is 2310. The van der Waals surface area contributed by atoms with Crippen LogP contribution in [0, 0.1) is 16.2 Å². The van der Waals surface area contributed by atoms with Crippen molar-refractivity contribution in [3.05, 3.63) is 81.5 Å². The first kappa shape index (κ1) is 39.0. The lowest BCUT2D eigenvalue weighted by Crippen LogP contribution is -2.56. The number of esters is 1. The van der Waals surface area contributed by atoms with E-state index < -0.39 is 0 Å². The molecule has 304 valence electrons. The van der Waals surface area contributed by atoms with Gasteiger partial charge in [0.1, 0.15) is 5.75 Å². The largest absolute Gasteiger partial charge is 0.496 e. The van der Waals surface area contributed by atoms with E-state index in [9.17, 15) is 14.4 Å². The topological polar surface area (TPSA) is 131 Å². The highest BCUT2D eigenvalue weighted by Crippen LogP contribution is 2.63. The number of hydrogen-bond donors (Lipinski definition) is 2. The summed E-state index contributed by atoms with van der Waals surface area (Å²) in [5.41, 5.74) is 6.21. The summed E-state index contributed by atoms with van der Waals surface area (Å²) in [5.74, 6) is 0.831. The van der Waals surface area contributed by atoms with Crippen LogP contribution in [-0.4, -0.2) is 89.1 Å². The van der Waals surface area contributed by atoms with Crippen molar-refractivity contribution in [2.75, 3.05) is 52.3 Å². The monoisotopic (exact) mass is 825 g/mol. The van der Waals surface area contributed by atoms with E-state index in [1.165, 1.54) is 7.11 Å². The maximum absolute atomic E-state index is 13.8. The Morgan fingerprint density at radius 3 is 2.53 bits per heavy atom. The average Bonchev–Trinajstić information content (AvgIpc) is 3.99. The SMILES string of the molecule is COC(=O)C12CCC(CCN3CCc4c(nc(C(=O)Nc5cccc(-c6ccnc(-c7ccc(CN8CC9(CNC(=O)C9)C8)c(OC)c7)c6Cl)c5Cl)n4C)C3)(CC1)C2. The van der Waals surface area contributed by atoms with E-state index in [1.807, 2.05) is 48.0 Å². The lowest BCUT2D eigenvalue weighted by molar-refractivity contribution is -0.152. The minimum atomic E-state index is -0.340. The number of benzene rings is 2. The van der Waals surface area contributed by atoms with Gasteiger partial charge in [0.15, 0.2) is 5.82 Å². The van der Waals surface area contributed by atoms with Crippen molar-refractivity contribution < 1.29 is 23.9 Å². The lowest BCUT2D eigenvalue weighted by Gasteiger charge is -2.47. The van der Waals surface area contributed by atoms with Gasteiger partial charge in [-0.25, -0.2) is 4.98 Å². The van der Waals surface area contributed by atoms with Gasteiger partial charge >= 0.3 is 5.97 Å². The number of anilines is 1. The Hall–Kier alpha value is -4.49. The number of nitrogens with one attached hydrogen (secondary N) is 2. The van der Waals surface area contributed by atoms with Gasteiger partial charge in [-0.1, -0.05) is 47.5 Å². The number of methoxy groups -OCH3 is 2. The van der Waals surface area contributed by atoms with E-state index in [2.05, 4.69) is 25.4 Å². The van der Waals surface area contributed by atoms with Gasteiger partial charge in [0, 0.05) is 98.7 Å². The van der Waals surface area contributed by atoms with Crippen LogP contribution in [0.25, 0.3) is 22.4 Å². The van der Waals surface area contributed by atoms with Crippen LogP contribution in [0.4, 0.5) is 5.69 Å². The van der Waals surface area contributed by atoms with Crippen LogP contribution in [0.2, 0.25) is 10.0 Å². The molecule has 5 aliphatic rings. The van der Waals surface area contributed by atoms with Crippen molar-refractivity contribution in [1.82, 2.24) is 29.7 Å². The van der Waals surface area contributed by atoms with Crippen molar-refractivity contribution >= 4 is 46.7 Å². The highest BCUT2D eigenvalue weighted by Gasteiger charge is 2.58. The zero-order valence-electron chi connectivity index (χ0n) is 33.3. The summed E-state index contributed by atoms with van der Waals surface area (Å²) in [6, 6.07) is 13.3. The molecule has 0 radical (unpaired) electrons. The van der Waals surface area contributed by atoms with Crippen LogP contribution >= 0.6 is 23.2 Å². The third-order valence-corrected chi connectivity index (χ3v) is 14.6. The number of fused-ring (bicyclic) bond motifs is 3. The molecule has 2 N–H and O–H groups in total. The van der Waals surface area contributed by atoms with E-state index in [1.54, 1.807) is 19.4 Å². The predicted molar refractivity (Wildman–Crippen MR) is 222 cm³/mol. The quantitative estimate of drug-likeness (QED) is 0.155. The van der Waals surface area contributed by atoms with Gasteiger partial charge in [0.25, 0.3) is 5.91 Å². The van der Waals surface area contributed by atoms with Crippen LogP contribution in [0.1, 0.15) is 72.5 Å². The summed E-state index contributed by atoms with van der Waals surface area (Å²) in [5, 5.41) is 6.77. The second-order valence-corrected chi connectivity index (χ2v) is 18.1. The molecule has 2 saturated carbocycles. The summed E-state index contributed by atoms with van der Waals surface area (Å²) in [4.78, 5) is 52.4. The first-order chi connectivity index (χ1) is 27.9. The van der Waals surface area contributed by atoms with Gasteiger partial charge < -0.3 is 24.7 Å². The maximum Gasteiger partial charge on any atom is 0.311 e. The molecule has 9 rings (SSSR count). The lowest BCUT2D eigenvalue weighted by atomic mass is 9.79. The molecule has 2 aromatic heterocycles. The number of likely N-dealkylation sites (tertiary alicyclic amines) is 1. The molecule has 0 atom stereocenters. The average molecular weight is 827 g/mol. The standard InChI is InChI=1S/C44H49Cl2N7O5/c1-51-33-10-17-52(18-15-42-11-13-44(23-42,14-12-42)41(56)58-3)22-32(33)49-39(51)40(55)50-31-6-4-5-29(36(31)45)30-9-16-47-38(37(30)46)27-7-8-28(34(19-27)57-2)21-53-25-43(26-53)20-35(54)48-24-43/h4-9,16,19H,10-15,17-18,20-26H2,1-3H3,(H,48,54)(H,50,55). The molecule has 2 bridgehead atoms. The molecule has 0 unspecified atom stereocenters. The first-order valence-corrected chi connectivity index (χ1v) is 21.0. The molecule has 2 saturated heterocycles. The van der Waals surface area contributed by atoms with Gasteiger partial charge in [-0.15, -0.1) is 0 Å². The fraction of sp³-hybridized carbons (Fsp3) is 0.477. The molecule has 58 heavy (non-hydrogen) atoms. The zero-order valence-corrected chi connectivity index (χ0v) is 34.8. The van der Waals surface area contributed by atoms with Crippen molar-refractivity contribution in [1.29, 1.82) is 0 Å². The summed E-state index contributed by atoms with van der Waals surface area (Å²) >= 11 is 14.1. The number of rotatable bonds is 11. The number of halogens is 2. The second kappa shape index (κ2) is 15.0. The predicted octanol–water partition coefficient (Wildman–Crippen LogP) is 6.91. The van der Waals surface area contributed by atoms with Crippen LogP contribution < -0.4 is 15.4 Å². The number of nitrogens with zero attached hydrogens (tertiary/aromatic N) is 5. The Kier molecular flexibility index (Phi) is 10.1. The van der Waals surface area contributed by atoms with Crippen LogP contribution in [0.3, 0.4) is 0 Å².